The van der Waals surface area contributed by atoms with Crippen molar-refractivity contribution >= 4 is 21.6 Å². The highest BCUT2D eigenvalue weighted by Crippen LogP contribution is 2.19. The molecule has 0 aliphatic heterocycles. The molecule has 0 bridgehead atoms. The van der Waals surface area contributed by atoms with Gasteiger partial charge >= 0.3 is 0 Å². The predicted octanol–water partition coefficient (Wildman–Crippen LogP) is 3.86. The summed E-state index contributed by atoms with van der Waals surface area (Å²) in [6.45, 7) is 2.28. The number of amides is 1. The molecule has 0 fully saturated rings. The Kier molecular flexibility index (Phi) is 5.75. The summed E-state index contributed by atoms with van der Waals surface area (Å²) in [4.78, 5) is 12.3. The molecule has 5 nitrogen and oxygen atoms in total. The van der Waals surface area contributed by atoms with Crippen LogP contribution in [0.15, 0.2) is 77.7 Å². The minimum atomic E-state index is -4.03. The second-order valence-corrected chi connectivity index (χ2v) is 7.97. The van der Waals surface area contributed by atoms with Crippen molar-refractivity contribution in [3.8, 4) is 0 Å². The molecule has 3 aromatic rings. The van der Waals surface area contributed by atoms with Crippen LogP contribution in [0.2, 0.25) is 0 Å². The van der Waals surface area contributed by atoms with Gasteiger partial charge in [0.1, 0.15) is 5.82 Å². The van der Waals surface area contributed by atoms with Gasteiger partial charge in [0.15, 0.2) is 0 Å². The zero-order chi connectivity index (χ0) is 20.1. The fourth-order valence-corrected chi connectivity index (χ4v) is 3.77. The van der Waals surface area contributed by atoms with Gasteiger partial charge in [-0.3, -0.25) is 9.52 Å². The topological polar surface area (TPSA) is 75.3 Å². The molecule has 0 saturated carbocycles. The molecular weight excluding hydrogens is 379 g/mol. The molecule has 0 saturated heterocycles. The van der Waals surface area contributed by atoms with E-state index in [-0.39, 0.29) is 16.1 Å². The van der Waals surface area contributed by atoms with Crippen molar-refractivity contribution in [2.75, 3.05) is 4.72 Å². The van der Waals surface area contributed by atoms with Crippen molar-refractivity contribution in [3.63, 3.8) is 0 Å². The fourth-order valence-electron chi connectivity index (χ4n) is 2.66. The summed E-state index contributed by atoms with van der Waals surface area (Å²) in [7, 11) is -4.03. The molecule has 7 heteroatoms. The van der Waals surface area contributed by atoms with Crippen molar-refractivity contribution in [1.29, 1.82) is 0 Å². The fraction of sp³-hybridized carbons (Fsp3) is 0.0952. The van der Waals surface area contributed by atoms with Gasteiger partial charge in [0.25, 0.3) is 15.9 Å². The summed E-state index contributed by atoms with van der Waals surface area (Å²) in [6.07, 6.45) is 0. The summed E-state index contributed by atoms with van der Waals surface area (Å²) >= 11 is 0. The van der Waals surface area contributed by atoms with Crippen molar-refractivity contribution in [1.82, 2.24) is 5.32 Å². The van der Waals surface area contributed by atoms with E-state index < -0.39 is 21.7 Å². The van der Waals surface area contributed by atoms with Crippen LogP contribution in [0.25, 0.3) is 0 Å². The third-order valence-corrected chi connectivity index (χ3v) is 5.42. The number of hydrogen-bond acceptors (Lipinski definition) is 3. The summed E-state index contributed by atoms with van der Waals surface area (Å²) in [5.74, 6) is -1.08. The molecule has 0 aliphatic carbocycles. The minimum Gasteiger partial charge on any atom is -0.348 e. The molecule has 0 aliphatic rings. The molecular formula is C21H19FN2O3S. The Hall–Kier alpha value is -3.19. The molecule has 3 aromatic carbocycles. The number of carbonyl (C=O) groups is 1. The third-order valence-electron chi connectivity index (χ3n) is 4.06. The van der Waals surface area contributed by atoms with Crippen LogP contribution in [0, 0.1) is 12.7 Å². The van der Waals surface area contributed by atoms with Crippen LogP contribution in [0.5, 0.6) is 0 Å². The van der Waals surface area contributed by atoms with Gasteiger partial charge in [-0.05, 0) is 42.8 Å². The molecule has 144 valence electrons. The van der Waals surface area contributed by atoms with Crippen molar-refractivity contribution < 1.29 is 17.6 Å². The number of rotatable bonds is 6. The summed E-state index contributed by atoms with van der Waals surface area (Å²) in [5, 5.41) is 2.77. The Morgan fingerprint density at radius 2 is 1.71 bits per heavy atom. The van der Waals surface area contributed by atoms with E-state index in [1.807, 2.05) is 31.2 Å². The highest BCUT2D eigenvalue weighted by molar-refractivity contribution is 7.92. The predicted molar refractivity (Wildman–Crippen MR) is 106 cm³/mol. The summed E-state index contributed by atoms with van der Waals surface area (Å²) in [6, 6.07) is 18.8. The van der Waals surface area contributed by atoms with Gasteiger partial charge in [0.2, 0.25) is 0 Å². The van der Waals surface area contributed by atoms with E-state index in [0.717, 1.165) is 17.2 Å². The maximum atomic E-state index is 13.7. The largest absolute Gasteiger partial charge is 0.348 e. The Morgan fingerprint density at radius 3 is 2.46 bits per heavy atom. The third kappa shape index (κ3) is 4.75. The maximum Gasteiger partial charge on any atom is 0.262 e. The number of halogens is 1. The highest BCUT2D eigenvalue weighted by Gasteiger charge is 2.18. The van der Waals surface area contributed by atoms with Crippen LogP contribution < -0.4 is 10.0 Å². The smallest absolute Gasteiger partial charge is 0.262 e. The Balaban J connectivity index is 1.75. The lowest BCUT2D eigenvalue weighted by atomic mass is 10.1. The van der Waals surface area contributed by atoms with Gasteiger partial charge < -0.3 is 5.32 Å². The molecule has 2 N–H and O–H groups in total. The van der Waals surface area contributed by atoms with Crippen LogP contribution in [0.3, 0.4) is 0 Å². The Morgan fingerprint density at radius 1 is 0.964 bits per heavy atom. The summed E-state index contributed by atoms with van der Waals surface area (Å²) in [5.41, 5.74) is 2.07. The molecule has 28 heavy (non-hydrogen) atoms. The van der Waals surface area contributed by atoms with Crippen LogP contribution in [-0.2, 0) is 16.6 Å². The van der Waals surface area contributed by atoms with Crippen LogP contribution in [0.1, 0.15) is 21.5 Å². The lowest BCUT2D eigenvalue weighted by Gasteiger charge is -2.10. The highest BCUT2D eigenvalue weighted by atomic mass is 32.2. The first-order chi connectivity index (χ1) is 13.3. The van der Waals surface area contributed by atoms with E-state index in [0.29, 0.717) is 6.54 Å². The standard InChI is InChI=1S/C21H19FN2O3S/c1-15-6-4-7-16(12-15)14-23-21(25)17-8-5-9-18(13-17)28(26,27)24-20-11-3-2-10-19(20)22/h2-13,24H,14H2,1H3,(H,23,25). The molecule has 0 spiro atoms. The first-order valence-corrected chi connectivity index (χ1v) is 10.0. The average molecular weight is 398 g/mol. The number of sulfonamides is 1. The number of carbonyl (C=O) groups excluding carboxylic acids is 1. The lowest BCUT2D eigenvalue weighted by Crippen LogP contribution is -2.23. The van der Waals surface area contributed by atoms with Gasteiger partial charge in [-0.2, -0.15) is 0 Å². The molecule has 0 atom stereocenters. The van der Waals surface area contributed by atoms with Crippen LogP contribution >= 0.6 is 0 Å². The molecule has 0 radical (unpaired) electrons. The zero-order valence-corrected chi connectivity index (χ0v) is 16.0. The normalized spacial score (nSPS) is 11.1. The molecule has 3 rings (SSSR count). The Labute approximate surface area is 163 Å². The lowest BCUT2D eigenvalue weighted by molar-refractivity contribution is 0.0950. The second kappa shape index (κ2) is 8.22. The first kappa shape index (κ1) is 19.6. The van der Waals surface area contributed by atoms with E-state index >= 15 is 0 Å². The van der Waals surface area contributed by atoms with Gasteiger partial charge in [-0.1, -0.05) is 48.0 Å². The maximum absolute atomic E-state index is 13.7. The number of nitrogens with one attached hydrogen (secondary N) is 2. The second-order valence-electron chi connectivity index (χ2n) is 6.28. The number of aryl methyl sites for hydroxylation is 1. The van der Waals surface area contributed by atoms with E-state index in [9.17, 15) is 17.6 Å². The molecule has 0 unspecified atom stereocenters. The van der Waals surface area contributed by atoms with E-state index in [2.05, 4.69) is 10.0 Å². The van der Waals surface area contributed by atoms with Crippen LogP contribution in [-0.4, -0.2) is 14.3 Å². The zero-order valence-electron chi connectivity index (χ0n) is 15.1. The van der Waals surface area contributed by atoms with Crippen molar-refractivity contribution in [2.24, 2.45) is 0 Å². The average Bonchev–Trinajstić information content (AvgIpc) is 2.68. The quantitative estimate of drug-likeness (QED) is 0.662. The SMILES string of the molecule is Cc1cccc(CNC(=O)c2cccc(S(=O)(=O)Nc3ccccc3F)c2)c1. The van der Waals surface area contributed by atoms with Crippen molar-refractivity contribution in [3.05, 3.63) is 95.3 Å². The van der Waals surface area contributed by atoms with Gasteiger partial charge in [0.05, 0.1) is 10.6 Å². The summed E-state index contributed by atoms with van der Waals surface area (Å²) < 4.78 is 41.0. The van der Waals surface area contributed by atoms with Crippen LogP contribution in [0.4, 0.5) is 10.1 Å². The van der Waals surface area contributed by atoms with Gasteiger partial charge in [-0.15, -0.1) is 0 Å². The number of hydrogen-bond donors (Lipinski definition) is 2. The van der Waals surface area contributed by atoms with E-state index in [1.165, 1.54) is 42.5 Å². The first-order valence-electron chi connectivity index (χ1n) is 8.56. The van der Waals surface area contributed by atoms with Crippen molar-refractivity contribution in [2.45, 2.75) is 18.4 Å². The molecule has 0 aromatic heterocycles. The molecule has 1 amide bonds. The number of benzene rings is 3. The van der Waals surface area contributed by atoms with Gasteiger partial charge in [-0.25, -0.2) is 12.8 Å². The van der Waals surface area contributed by atoms with E-state index in [4.69, 9.17) is 0 Å². The van der Waals surface area contributed by atoms with Gasteiger partial charge in [0, 0.05) is 12.1 Å². The minimum absolute atomic E-state index is 0.126. The van der Waals surface area contributed by atoms with E-state index in [1.54, 1.807) is 0 Å². The monoisotopic (exact) mass is 398 g/mol. The number of anilines is 1. The number of para-hydroxylation sites is 1. The molecule has 0 heterocycles. The Bertz CT molecular complexity index is 1110.